The van der Waals surface area contributed by atoms with Crippen molar-refractivity contribution in [2.45, 2.75) is 258 Å². The molecule has 85 heavy (non-hydrogen) atoms. The summed E-state index contributed by atoms with van der Waals surface area (Å²) in [4.78, 5) is 103. The van der Waals surface area contributed by atoms with Crippen molar-refractivity contribution in [3.05, 3.63) is 12.2 Å². The molecule has 18 unspecified atom stereocenters. The van der Waals surface area contributed by atoms with Crippen LogP contribution in [0.2, 0.25) is 0 Å². The Labute approximate surface area is 504 Å². The zero-order valence-electron chi connectivity index (χ0n) is 52.8. The fourth-order valence-electron chi connectivity index (χ4n) is 23.1. The smallest absolute Gasteiger partial charge is 0.344 e. The Balaban J connectivity index is 0.821. The minimum absolute atomic E-state index is 0.0136. The summed E-state index contributed by atoms with van der Waals surface area (Å²) < 4.78 is 44.6. The van der Waals surface area contributed by atoms with Crippen LogP contribution in [0.4, 0.5) is 0 Å². The van der Waals surface area contributed by atoms with Gasteiger partial charge in [0.15, 0.2) is 6.61 Å². The first-order valence-corrected chi connectivity index (χ1v) is 33.7. The van der Waals surface area contributed by atoms with Crippen molar-refractivity contribution in [2.24, 2.45) is 116 Å². The first-order chi connectivity index (χ1) is 39.8. The van der Waals surface area contributed by atoms with E-state index in [9.17, 15) is 24.3 Å². The number of fused-ring (bicyclic) bond motifs is 5. The van der Waals surface area contributed by atoms with E-state index >= 15 is 14.4 Å². The van der Waals surface area contributed by atoms with Gasteiger partial charge in [-0.3, -0.25) is 28.8 Å². The predicted octanol–water partition coefficient (Wildman–Crippen LogP) is 11.6. The third-order valence-electron chi connectivity index (χ3n) is 25.9. The number of aliphatic hydroxyl groups is 1. The molecule has 0 amide bonds. The molecule has 470 valence electrons. The number of ether oxygens (including phenoxy) is 7. The lowest BCUT2D eigenvalue weighted by Crippen LogP contribution is -2.61. The first kappa shape index (κ1) is 59.9. The van der Waals surface area contributed by atoms with Crippen LogP contribution in [-0.2, 0) is 66.7 Å². The molecule has 15 heteroatoms. The largest absolute Gasteiger partial charge is 0.460 e. The molecule has 1 N–H and O–H groups in total. The van der Waals surface area contributed by atoms with Gasteiger partial charge < -0.3 is 38.3 Å². The topological polar surface area (TPSA) is 204 Å². The molecule has 15 aliphatic rings. The number of carbonyl (C=O) groups is 7. The standard InChI is InChI=1S/C70H100O15/c1-37-43-13-14-45(23-43)52(37)31-65(7,61(76)84-68(10)47-18-39-15-40(20-47)21-48(68)19-39)34-67(9,60(75)82-56-46-24-50-51(25-46)58(73)81-57(50)56)35-66(8,62(77)85-70-29-41-16-42(30-70)28-69(78,27-41)36-70)33-64(5,6)59(74)79-32-55(72)80-53(26-54(71)83-63(2,3)4)49-22-38-11-12-44(49)17-38/h11-12,37-53,56-57,78H,13-36H2,1-10H3. The Morgan fingerprint density at radius 3 is 1.92 bits per heavy atom. The third-order valence-corrected chi connectivity index (χ3v) is 25.9. The Morgan fingerprint density at radius 1 is 0.671 bits per heavy atom. The van der Waals surface area contributed by atoms with Gasteiger partial charge in [0.1, 0.15) is 35.1 Å². The fourth-order valence-corrected chi connectivity index (χ4v) is 23.1. The molecule has 13 saturated carbocycles. The molecular formula is C70H100O15. The van der Waals surface area contributed by atoms with Crippen LogP contribution in [0.25, 0.3) is 0 Å². The van der Waals surface area contributed by atoms with Crippen LogP contribution in [0.3, 0.4) is 0 Å². The molecule has 14 fully saturated rings. The maximum atomic E-state index is 16.2. The van der Waals surface area contributed by atoms with E-state index in [-0.39, 0.29) is 96.8 Å². The third kappa shape index (κ3) is 10.9. The van der Waals surface area contributed by atoms with E-state index in [1.54, 1.807) is 41.5 Å². The van der Waals surface area contributed by atoms with Gasteiger partial charge in [-0.1, -0.05) is 19.1 Å². The van der Waals surface area contributed by atoms with Crippen LogP contribution in [-0.4, -0.2) is 94.2 Å². The van der Waals surface area contributed by atoms with Gasteiger partial charge in [-0.15, -0.1) is 0 Å². The molecule has 1 heterocycles. The second kappa shape index (κ2) is 20.8. The SMILES string of the molecule is CC1C2CCC(C2)C1CC(C)(CC(C)(CC(C)(CC(C)(C)C(=O)OCC(=O)OC(CC(=O)OC(C)(C)C)C1CC2C=CC1C2)C(=O)OC12CC3CC(CC(O)(C3)C1)C2)C(=O)OC1C2CC3C(=O)OC1C3C2)C(=O)OC1(C)C2CC3CC(C2)CC1C3. The van der Waals surface area contributed by atoms with Crippen LogP contribution in [0.15, 0.2) is 12.2 Å². The summed E-state index contributed by atoms with van der Waals surface area (Å²) in [6.45, 7) is 18.1. The first-order valence-electron chi connectivity index (χ1n) is 33.7. The lowest BCUT2D eigenvalue weighted by atomic mass is 9.50. The zero-order valence-corrected chi connectivity index (χ0v) is 52.8. The van der Waals surface area contributed by atoms with Gasteiger partial charge in [-0.2, -0.15) is 0 Å². The molecule has 1 saturated heterocycles. The Kier molecular flexibility index (Phi) is 14.6. The van der Waals surface area contributed by atoms with E-state index in [1.165, 1.54) is 12.8 Å². The van der Waals surface area contributed by atoms with Crippen molar-refractivity contribution in [2.75, 3.05) is 6.61 Å². The zero-order chi connectivity index (χ0) is 60.3. The lowest BCUT2D eigenvalue weighted by Gasteiger charge is -2.59. The molecule has 0 radical (unpaired) electrons. The number of carbonyl (C=O) groups excluding carboxylic acids is 7. The minimum Gasteiger partial charge on any atom is -0.460 e. The van der Waals surface area contributed by atoms with E-state index in [4.69, 9.17) is 33.2 Å². The summed E-state index contributed by atoms with van der Waals surface area (Å²) in [6, 6.07) is 0. The summed E-state index contributed by atoms with van der Waals surface area (Å²) in [5, 5.41) is 12.0. The van der Waals surface area contributed by atoms with Crippen molar-refractivity contribution >= 4 is 41.8 Å². The van der Waals surface area contributed by atoms with Crippen LogP contribution in [0.1, 0.15) is 217 Å². The Bertz CT molecular complexity index is 2710. The molecule has 15 nitrogen and oxygen atoms in total. The number of esters is 7. The highest BCUT2D eigenvalue weighted by molar-refractivity contribution is 5.85. The van der Waals surface area contributed by atoms with Crippen LogP contribution < -0.4 is 0 Å². The number of rotatable bonds is 21. The number of hydrogen-bond donors (Lipinski definition) is 1. The molecular weight excluding hydrogens is 1080 g/mol. The van der Waals surface area contributed by atoms with Gasteiger partial charge in [0.2, 0.25) is 0 Å². The summed E-state index contributed by atoms with van der Waals surface area (Å²) >= 11 is 0. The van der Waals surface area contributed by atoms with Gasteiger partial charge in [0.05, 0.1) is 39.6 Å². The highest BCUT2D eigenvalue weighted by Crippen LogP contribution is 2.64. The van der Waals surface area contributed by atoms with E-state index in [2.05, 4.69) is 26.0 Å². The second-order valence-corrected chi connectivity index (χ2v) is 34.4. The highest BCUT2D eigenvalue weighted by atomic mass is 16.6. The van der Waals surface area contributed by atoms with Crippen molar-refractivity contribution in [1.29, 1.82) is 0 Å². The van der Waals surface area contributed by atoms with Gasteiger partial charge >= 0.3 is 41.8 Å². The van der Waals surface area contributed by atoms with Gasteiger partial charge in [-0.25, -0.2) is 4.79 Å². The maximum absolute atomic E-state index is 16.2. The van der Waals surface area contributed by atoms with Gasteiger partial charge in [0, 0.05) is 24.2 Å². The highest BCUT2D eigenvalue weighted by Gasteiger charge is 2.67. The maximum Gasteiger partial charge on any atom is 0.344 e. The summed E-state index contributed by atoms with van der Waals surface area (Å²) in [5.41, 5.74) is -9.28. The van der Waals surface area contributed by atoms with Crippen LogP contribution >= 0.6 is 0 Å². The van der Waals surface area contributed by atoms with Crippen LogP contribution in [0.5, 0.6) is 0 Å². The van der Waals surface area contributed by atoms with E-state index < -0.39 is 98.8 Å². The molecule has 0 aromatic heterocycles. The van der Waals surface area contributed by atoms with E-state index in [1.807, 2.05) is 13.8 Å². The number of hydrogen-bond acceptors (Lipinski definition) is 15. The normalized spacial score (nSPS) is 44.1. The molecule has 0 spiro atoms. The number of allylic oxidation sites excluding steroid dienone is 2. The van der Waals surface area contributed by atoms with Gasteiger partial charge in [0.25, 0.3) is 0 Å². The van der Waals surface area contributed by atoms with Crippen molar-refractivity contribution in [1.82, 2.24) is 0 Å². The molecule has 1 aliphatic heterocycles. The molecule has 0 aromatic rings. The second-order valence-electron chi connectivity index (χ2n) is 34.4. The predicted molar refractivity (Wildman–Crippen MR) is 310 cm³/mol. The van der Waals surface area contributed by atoms with Crippen molar-refractivity contribution in [3.63, 3.8) is 0 Å². The summed E-state index contributed by atoms with van der Waals surface area (Å²) in [7, 11) is 0. The van der Waals surface area contributed by atoms with Crippen molar-refractivity contribution < 1.29 is 71.8 Å². The molecule has 14 aliphatic carbocycles. The quantitative estimate of drug-likeness (QED) is 0.0645. The molecule has 18 atom stereocenters. The average Bonchev–Trinajstić information content (AvgIpc) is 1.40. The van der Waals surface area contributed by atoms with E-state index in [0.29, 0.717) is 86.9 Å². The average molecular weight is 1180 g/mol. The molecule has 15 rings (SSSR count). The summed E-state index contributed by atoms with van der Waals surface area (Å²) in [6.07, 6.45) is 17.7. The fraction of sp³-hybridized carbons (Fsp3) is 0.871. The Morgan fingerprint density at radius 2 is 1.31 bits per heavy atom. The molecule has 14 bridgehead atoms. The molecule has 0 aromatic carbocycles. The minimum atomic E-state index is -1.64. The summed E-state index contributed by atoms with van der Waals surface area (Å²) in [5.74, 6) is -0.0361. The van der Waals surface area contributed by atoms with Crippen LogP contribution in [0, 0.1) is 116 Å². The monoisotopic (exact) mass is 1180 g/mol. The van der Waals surface area contributed by atoms with Crippen molar-refractivity contribution in [3.8, 4) is 0 Å². The Hall–Kier alpha value is -4.01. The van der Waals surface area contributed by atoms with E-state index in [0.717, 1.165) is 57.8 Å². The van der Waals surface area contributed by atoms with Gasteiger partial charge in [-0.05, 0) is 268 Å². The lowest BCUT2D eigenvalue weighted by molar-refractivity contribution is -0.228.